The maximum absolute atomic E-state index is 14.6. The van der Waals surface area contributed by atoms with Crippen LogP contribution in [-0.2, 0) is 4.74 Å². The van der Waals surface area contributed by atoms with E-state index in [9.17, 15) is 4.39 Å². The Labute approximate surface area is 134 Å². The summed E-state index contributed by atoms with van der Waals surface area (Å²) in [7, 11) is 0. The molecule has 2 aliphatic rings. The standard InChI is InChI=1S/C16H22BrFN2O/c17-14-3-1-2-13(15(14)18)16(12-4-10-21-11-5-12)20-8-6-19-7-9-20/h1-3,12,16,19H,4-11H2/t16-/m0/s1. The zero-order chi connectivity index (χ0) is 14.7. The number of ether oxygens (including phenoxy) is 1. The van der Waals surface area contributed by atoms with Crippen LogP contribution in [0.1, 0.15) is 24.4 Å². The van der Waals surface area contributed by atoms with Gasteiger partial charge in [-0.05, 0) is 40.8 Å². The molecule has 1 atom stereocenters. The van der Waals surface area contributed by atoms with Crippen molar-refractivity contribution in [2.24, 2.45) is 5.92 Å². The summed E-state index contributed by atoms with van der Waals surface area (Å²) in [5.74, 6) is 0.369. The van der Waals surface area contributed by atoms with Crippen LogP contribution in [-0.4, -0.2) is 44.3 Å². The lowest BCUT2D eigenvalue weighted by Crippen LogP contribution is -2.47. The molecular weight excluding hydrogens is 335 g/mol. The van der Waals surface area contributed by atoms with E-state index in [-0.39, 0.29) is 11.9 Å². The monoisotopic (exact) mass is 356 g/mol. The van der Waals surface area contributed by atoms with Crippen LogP contribution in [0, 0.1) is 11.7 Å². The van der Waals surface area contributed by atoms with Gasteiger partial charge in [0.2, 0.25) is 0 Å². The number of nitrogens with zero attached hydrogens (tertiary/aromatic N) is 1. The minimum absolute atomic E-state index is 0.104. The molecule has 0 bridgehead atoms. The fourth-order valence-electron chi connectivity index (χ4n) is 3.49. The third-order valence-corrected chi connectivity index (χ3v) is 5.17. The Morgan fingerprint density at radius 3 is 2.67 bits per heavy atom. The van der Waals surface area contributed by atoms with Crippen LogP contribution >= 0.6 is 15.9 Å². The van der Waals surface area contributed by atoms with Gasteiger partial charge in [-0.3, -0.25) is 4.90 Å². The molecule has 5 heteroatoms. The van der Waals surface area contributed by atoms with Crippen molar-refractivity contribution in [2.75, 3.05) is 39.4 Å². The van der Waals surface area contributed by atoms with E-state index in [0.29, 0.717) is 10.4 Å². The summed E-state index contributed by atoms with van der Waals surface area (Å²) in [5, 5.41) is 3.38. The zero-order valence-electron chi connectivity index (χ0n) is 12.2. The predicted octanol–water partition coefficient (Wildman–Crippen LogP) is 2.96. The Morgan fingerprint density at radius 2 is 1.95 bits per heavy atom. The topological polar surface area (TPSA) is 24.5 Å². The summed E-state index contributed by atoms with van der Waals surface area (Å²) in [5.41, 5.74) is 0.832. The Bertz CT molecular complexity index is 455. The van der Waals surface area contributed by atoms with Gasteiger partial charge in [0.05, 0.1) is 4.47 Å². The van der Waals surface area contributed by atoms with Crippen LogP contribution in [0.5, 0.6) is 0 Å². The van der Waals surface area contributed by atoms with Crippen molar-refractivity contribution >= 4 is 15.9 Å². The molecule has 0 saturated carbocycles. The molecule has 3 nitrogen and oxygen atoms in total. The quantitative estimate of drug-likeness (QED) is 0.900. The molecule has 0 amide bonds. The van der Waals surface area contributed by atoms with E-state index in [1.807, 2.05) is 12.1 Å². The summed E-state index contributed by atoms with van der Waals surface area (Å²) in [4.78, 5) is 2.44. The van der Waals surface area contributed by atoms with E-state index in [2.05, 4.69) is 26.1 Å². The second kappa shape index (κ2) is 7.18. The minimum atomic E-state index is -0.104. The lowest BCUT2D eigenvalue weighted by atomic mass is 9.85. The van der Waals surface area contributed by atoms with Gasteiger partial charge >= 0.3 is 0 Å². The van der Waals surface area contributed by atoms with Crippen molar-refractivity contribution in [2.45, 2.75) is 18.9 Å². The first-order chi connectivity index (χ1) is 10.3. The van der Waals surface area contributed by atoms with E-state index < -0.39 is 0 Å². The average molecular weight is 357 g/mol. The molecule has 3 rings (SSSR count). The van der Waals surface area contributed by atoms with Crippen molar-refractivity contribution in [3.8, 4) is 0 Å². The third kappa shape index (κ3) is 3.47. The van der Waals surface area contributed by atoms with Crippen LogP contribution in [0.3, 0.4) is 0 Å². The summed E-state index contributed by atoms with van der Waals surface area (Å²) in [6.07, 6.45) is 2.03. The van der Waals surface area contributed by atoms with E-state index in [0.717, 1.165) is 57.8 Å². The van der Waals surface area contributed by atoms with Gasteiger partial charge in [-0.15, -0.1) is 0 Å². The van der Waals surface area contributed by atoms with Crippen LogP contribution in [0.15, 0.2) is 22.7 Å². The molecule has 1 aromatic rings. The van der Waals surface area contributed by atoms with Gasteiger partial charge < -0.3 is 10.1 Å². The zero-order valence-corrected chi connectivity index (χ0v) is 13.7. The number of hydrogen-bond donors (Lipinski definition) is 1. The highest BCUT2D eigenvalue weighted by Crippen LogP contribution is 2.37. The Balaban J connectivity index is 1.91. The fraction of sp³-hybridized carbons (Fsp3) is 0.625. The van der Waals surface area contributed by atoms with Crippen molar-refractivity contribution in [3.63, 3.8) is 0 Å². The highest BCUT2D eigenvalue weighted by Gasteiger charge is 2.33. The summed E-state index contributed by atoms with van der Waals surface area (Å²) in [6, 6.07) is 5.82. The summed E-state index contributed by atoms with van der Waals surface area (Å²) >= 11 is 3.33. The summed E-state index contributed by atoms with van der Waals surface area (Å²) in [6.45, 7) is 5.51. The number of rotatable bonds is 3. The molecule has 2 saturated heterocycles. The highest BCUT2D eigenvalue weighted by molar-refractivity contribution is 9.10. The molecule has 0 radical (unpaired) electrons. The second-order valence-electron chi connectivity index (χ2n) is 5.82. The van der Waals surface area contributed by atoms with E-state index >= 15 is 0 Å². The molecule has 1 aromatic carbocycles. The Kier molecular flexibility index (Phi) is 5.27. The molecule has 1 N–H and O–H groups in total. The van der Waals surface area contributed by atoms with Crippen LogP contribution in [0.4, 0.5) is 4.39 Å². The minimum Gasteiger partial charge on any atom is -0.381 e. The second-order valence-corrected chi connectivity index (χ2v) is 6.68. The molecule has 0 spiro atoms. The predicted molar refractivity (Wildman–Crippen MR) is 84.8 cm³/mol. The molecule has 116 valence electrons. The summed E-state index contributed by atoms with van der Waals surface area (Å²) < 4.78 is 20.7. The maximum Gasteiger partial charge on any atom is 0.142 e. The maximum atomic E-state index is 14.6. The molecular formula is C16H22BrFN2O. The van der Waals surface area contributed by atoms with E-state index in [4.69, 9.17) is 4.74 Å². The molecule has 0 unspecified atom stereocenters. The van der Waals surface area contributed by atoms with Crippen LogP contribution < -0.4 is 5.32 Å². The largest absolute Gasteiger partial charge is 0.381 e. The number of hydrogen-bond acceptors (Lipinski definition) is 3. The highest BCUT2D eigenvalue weighted by atomic mass is 79.9. The number of halogens is 2. The van der Waals surface area contributed by atoms with Gasteiger partial charge in [-0.25, -0.2) is 4.39 Å². The third-order valence-electron chi connectivity index (χ3n) is 4.56. The number of benzene rings is 1. The first-order valence-electron chi connectivity index (χ1n) is 7.74. The van der Waals surface area contributed by atoms with Crippen LogP contribution in [0.25, 0.3) is 0 Å². The van der Waals surface area contributed by atoms with E-state index in [1.54, 1.807) is 6.07 Å². The molecule has 0 aliphatic carbocycles. The molecule has 0 aromatic heterocycles. The van der Waals surface area contributed by atoms with Crippen molar-refractivity contribution in [1.82, 2.24) is 10.2 Å². The SMILES string of the molecule is Fc1c(Br)cccc1[C@H](C1CCOCC1)N1CCNCC1. The normalized spacial score (nSPS) is 23.1. The van der Waals surface area contributed by atoms with Gasteiger partial charge in [-0.1, -0.05) is 12.1 Å². The first kappa shape index (κ1) is 15.4. The lowest BCUT2D eigenvalue weighted by Gasteiger charge is -2.41. The smallest absolute Gasteiger partial charge is 0.142 e. The lowest BCUT2D eigenvalue weighted by molar-refractivity contribution is 0.0202. The number of nitrogens with one attached hydrogen (secondary N) is 1. The van der Waals surface area contributed by atoms with Gasteiger partial charge in [0.1, 0.15) is 5.82 Å². The molecule has 2 aliphatic heterocycles. The van der Waals surface area contributed by atoms with Crippen molar-refractivity contribution in [3.05, 3.63) is 34.1 Å². The fourth-order valence-corrected chi connectivity index (χ4v) is 3.87. The molecule has 2 fully saturated rings. The Hall–Kier alpha value is -0.490. The van der Waals surface area contributed by atoms with Crippen molar-refractivity contribution < 1.29 is 9.13 Å². The molecule has 21 heavy (non-hydrogen) atoms. The van der Waals surface area contributed by atoms with Gasteiger partial charge in [-0.2, -0.15) is 0 Å². The van der Waals surface area contributed by atoms with Gasteiger partial charge in [0.25, 0.3) is 0 Å². The molecule has 2 heterocycles. The van der Waals surface area contributed by atoms with E-state index in [1.165, 1.54) is 0 Å². The van der Waals surface area contributed by atoms with Crippen molar-refractivity contribution in [1.29, 1.82) is 0 Å². The first-order valence-corrected chi connectivity index (χ1v) is 8.53. The number of piperazine rings is 1. The van der Waals surface area contributed by atoms with Crippen LogP contribution in [0.2, 0.25) is 0 Å². The average Bonchev–Trinajstić information content (AvgIpc) is 2.54. The van der Waals surface area contributed by atoms with Gasteiger partial charge in [0.15, 0.2) is 0 Å². The van der Waals surface area contributed by atoms with Gasteiger partial charge in [0, 0.05) is 51.0 Å². The Morgan fingerprint density at radius 1 is 1.24 bits per heavy atom.